The van der Waals surface area contributed by atoms with E-state index in [1.807, 2.05) is 0 Å². The van der Waals surface area contributed by atoms with Gasteiger partial charge in [-0.1, -0.05) is 33.8 Å². The highest BCUT2D eigenvalue weighted by atomic mass is 14.8. The van der Waals surface area contributed by atoms with Gasteiger partial charge < -0.3 is 0 Å². The molecule has 0 N–H and O–H groups in total. The Morgan fingerprint density at radius 3 is 2.47 bits per heavy atom. The summed E-state index contributed by atoms with van der Waals surface area (Å²) in [5.74, 6) is 2.03. The second-order valence-corrected chi connectivity index (χ2v) is 5.21. The Labute approximate surface area is 94.7 Å². The average molecular weight is 207 g/mol. The monoisotopic (exact) mass is 207 g/mol. The highest BCUT2D eigenvalue weighted by Gasteiger charge is 2.25. The van der Waals surface area contributed by atoms with E-state index in [0.717, 1.165) is 11.8 Å². The molecule has 0 aromatic rings. The Balaban J connectivity index is 2.81. The quantitative estimate of drug-likeness (QED) is 0.648. The average Bonchev–Trinajstić information content (AvgIpc) is 2.61. The van der Waals surface area contributed by atoms with Gasteiger partial charge in [-0.05, 0) is 43.9 Å². The van der Waals surface area contributed by atoms with Crippen LogP contribution in [0.3, 0.4) is 0 Å². The fourth-order valence-corrected chi connectivity index (χ4v) is 2.40. The number of nitrogens with zero attached hydrogens (tertiary/aromatic N) is 1. The van der Waals surface area contributed by atoms with E-state index < -0.39 is 0 Å². The van der Waals surface area contributed by atoms with Crippen molar-refractivity contribution in [1.29, 1.82) is 0 Å². The first-order valence-electron chi connectivity index (χ1n) is 6.30. The fraction of sp³-hybridized carbons (Fsp3) is 0.786. The molecule has 0 spiro atoms. The van der Waals surface area contributed by atoms with Crippen LogP contribution >= 0.6 is 0 Å². The first-order valence-corrected chi connectivity index (χ1v) is 6.30. The van der Waals surface area contributed by atoms with E-state index in [-0.39, 0.29) is 0 Å². The van der Waals surface area contributed by atoms with E-state index in [2.05, 4.69) is 40.7 Å². The van der Waals surface area contributed by atoms with Crippen LogP contribution in [0.15, 0.2) is 16.8 Å². The maximum Gasteiger partial charge on any atom is 0.0385 e. The molecule has 0 amide bonds. The summed E-state index contributed by atoms with van der Waals surface area (Å²) in [7, 11) is 0. The topological polar surface area (TPSA) is 12.4 Å². The van der Waals surface area contributed by atoms with Crippen LogP contribution in [0.1, 0.15) is 53.9 Å². The molecule has 1 heteroatoms. The predicted octanol–water partition coefficient (Wildman–Crippen LogP) is 4.44. The molecule has 0 aliphatic heterocycles. The lowest BCUT2D eigenvalue weighted by molar-refractivity contribution is 0.486. The van der Waals surface area contributed by atoms with Gasteiger partial charge in [0.05, 0.1) is 0 Å². The number of hydrogen-bond donors (Lipinski definition) is 0. The molecule has 0 heterocycles. The van der Waals surface area contributed by atoms with Crippen molar-refractivity contribution in [2.75, 3.05) is 0 Å². The summed E-state index contributed by atoms with van der Waals surface area (Å²) in [6, 6.07) is 0. The lowest BCUT2D eigenvalue weighted by Crippen LogP contribution is -2.14. The van der Waals surface area contributed by atoms with Crippen LogP contribution in [0.25, 0.3) is 0 Å². The third kappa shape index (κ3) is 3.19. The zero-order chi connectivity index (χ0) is 11.4. The second kappa shape index (κ2) is 5.48. The standard InChI is InChI=1S/C14H25N/c1-6-13(11(4)5)15-14-9-7-8-12(14)10(2)3/h6,10-12H,7-9H2,1-5H3/b13-6-,15-14+. The third-order valence-corrected chi connectivity index (χ3v) is 3.34. The van der Waals surface area contributed by atoms with Gasteiger partial charge in [0.25, 0.3) is 0 Å². The molecule has 0 saturated heterocycles. The molecule has 1 rings (SSSR count). The molecule has 1 aliphatic rings. The van der Waals surface area contributed by atoms with Gasteiger partial charge in [-0.2, -0.15) is 0 Å². The molecule has 1 aliphatic carbocycles. The second-order valence-electron chi connectivity index (χ2n) is 5.21. The van der Waals surface area contributed by atoms with Gasteiger partial charge in [0.15, 0.2) is 0 Å². The van der Waals surface area contributed by atoms with Crippen molar-refractivity contribution in [3.63, 3.8) is 0 Å². The third-order valence-electron chi connectivity index (χ3n) is 3.34. The minimum absolute atomic E-state index is 0.552. The lowest BCUT2D eigenvalue weighted by atomic mass is 9.93. The molecular weight excluding hydrogens is 182 g/mol. The first-order chi connectivity index (χ1) is 7.06. The van der Waals surface area contributed by atoms with Crippen LogP contribution < -0.4 is 0 Å². The van der Waals surface area contributed by atoms with Crippen LogP contribution in [0, 0.1) is 17.8 Å². The number of allylic oxidation sites excluding steroid dienone is 2. The van der Waals surface area contributed by atoms with Crippen molar-refractivity contribution in [3.8, 4) is 0 Å². The van der Waals surface area contributed by atoms with E-state index in [9.17, 15) is 0 Å². The van der Waals surface area contributed by atoms with Crippen molar-refractivity contribution < 1.29 is 0 Å². The van der Waals surface area contributed by atoms with Crippen LogP contribution in [0.4, 0.5) is 0 Å². The summed E-state index contributed by atoms with van der Waals surface area (Å²) in [6.07, 6.45) is 6.04. The normalized spacial score (nSPS) is 25.9. The zero-order valence-corrected chi connectivity index (χ0v) is 10.9. The Bertz CT molecular complexity index is 259. The molecule has 86 valence electrons. The molecular formula is C14H25N. The van der Waals surface area contributed by atoms with Crippen molar-refractivity contribution in [3.05, 3.63) is 11.8 Å². The Morgan fingerprint density at radius 2 is 2.00 bits per heavy atom. The molecule has 0 aromatic carbocycles. The van der Waals surface area contributed by atoms with Crippen LogP contribution in [0.2, 0.25) is 0 Å². The van der Waals surface area contributed by atoms with Crippen molar-refractivity contribution >= 4 is 5.71 Å². The minimum Gasteiger partial charge on any atom is -0.262 e. The van der Waals surface area contributed by atoms with Crippen molar-refractivity contribution in [2.24, 2.45) is 22.7 Å². The van der Waals surface area contributed by atoms with Gasteiger partial charge in [0, 0.05) is 11.4 Å². The smallest absolute Gasteiger partial charge is 0.0385 e. The van der Waals surface area contributed by atoms with E-state index in [4.69, 9.17) is 4.99 Å². The molecule has 1 atom stereocenters. The molecule has 1 saturated carbocycles. The van der Waals surface area contributed by atoms with E-state index in [1.165, 1.54) is 30.7 Å². The lowest BCUT2D eigenvalue weighted by Gasteiger charge is -2.16. The largest absolute Gasteiger partial charge is 0.262 e. The van der Waals surface area contributed by atoms with Crippen molar-refractivity contribution in [2.45, 2.75) is 53.9 Å². The Kier molecular flexibility index (Phi) is 4.56. The van der Waals surface area contributed by atoms with Gasteiger partial charge in [-0.25, -0.2) is 0 Å². The maximum absolute atomic E-state index is 4.87. The van der Waals surface area contributed by atoms with Crippen LogP contribution in [-0.4, -0.2) is 5.71 Å². The highest BCUT2D eigenvalue weighted by molar-refractivity contribution is 5.89. The van der Waals surface area contributed by atoms with Gasteiger partial charge >= 0.3 is 0 Å². The minimum atomic E-state index is 0.552. The van der Waals surface area contributed by atoms with Gasteiger partial charge in [0.2, 0.25) is 0 Å². The number of rotatable bonds is 3. The summed E-state index contributed by atoms with van der Waals surface area (Å²) < 4.78 is 0. The van der Waals surface area contributed by atoms with Gasteiger partial charge in [-0.15, -0.1) is 0 Å². The summed E-state index contributed by atoms with van der Waals surface area (Å²) in [6.45, 7) is 11.2. The molecule has 1 nitrogen and oxygen atoms in total. The number of hydrogen-bond acceptors (Lipinski definition) is 1. The van der Waals surface area contributed by atoms with Crippen LogP contribution in [-0.2, 0) is 0 Å². The molecule has 15 heavy (non-hydrogen) atoms. The Hall–Kier alpha value is -0.590. The van der Waals surface area contributed by atoms with Gasteiger partial charge in [0.1, 0.15) is 0 Å². The Morgan fingerprint density at radius 1 is 1.33 bits per heavy atom. The summed E-state index contributed by atoms with van der Waals surface area (Å²) in [5.41, 5.74) is 2.71. The summed E-state index contributed by atoms with van der Waals surface area (Å²) >= 11 is 0. The predicted molar refractivity (Wildman–Crippen MR) is 68.2 cm³/mol. The highest BCUT2D eigenvalue weighted by Crippen LogP contribution is 2.30. The van der Waals surface area contributed by atoms with E-state index >= 15 is 0 Å². The zero-order valence-electron chi connectivity index (χ0n) is 10.9. The molecule has 0 radical (unpaired) electrons. The number of aliphatic imine (C=N–C) groups is 1. The molecule has 0 aromatic heterocycles. The first kappa shape index (κ1) is 12.5. The SMILES string of the molecule is C/C=C(\N=C1/CCCC1C(C)C)C(C)C. The summed E-state index contributed by atoms with van der Waals surface area (Å²) in [5, 5.41) is 0. The van der Waals surface area contributed by atoms with Crippen LogP contribution in [0.5, 0.6) is 0 Å². The fourth-order valence-electron chi connectivity index (χ4n) is 2.40. The summed E-state index contributed by atoms with van der Waals surface area (Å²) in [4.78, 5) is 4.87. The molecule has 1 fully saturated rings. The molecule has 1 unspecified atom stereocenters. The maximum atomic E-state index is 4.87. The van der Waals surface area contributed by atoms with E-state index in [1.54, 1.807) is 0 Å². The molecule has 0 bridgehead atoms. The van der Waals surface area contributed by atoms with Crippen molar-refractivity contribution in [1.82, 2.24) is 0 Å². The van der Waals surface area contributed by atoms with Gasteiger partial charge in [-0.3, -0.25) is 4.99 Å². The van der Waals surface area contributed by atoms with E-state index in [0.29, 0.717) is 5.92 Å².